The first-order chi connectivity index (χ1) is 7.22. The van der Waals surface area contributed by atoms with Crippen molar-refractivity contribution in [1.82, 2.24) is 14.8 Å². The van der Waals surface area contributed by atoms with Gasteiger partial charge in [-0.15, -0.1) is 0 Å². The van der Waals surface area contributed by atoms with Gasteiger partial charge in [-0.25, -0.2) is 14.1 Å². The van der Waals surface area contributed by atoms with Crippen LogP contribution in [-0.4, -0.2) is 14.8 Å². The first-order valence-electron chi connectivity index (χ1n) is 4.90. The van der Waals surface area contributed by atoms with E-state index in [-0.39, 0.29) is 5.82 Å². The molecule has 0 bridgehead atoms. The Balaban J connectivity index is 2.54. The maximum atomic E-state index is 13.5. The van der Waals surface area contributed by atoms with Crippen LogP contribution in [-0.2, 0) is 6.42 Å². The van der Waals surface area contributed by atoms with Crippen molar-refractivity contribution < 1.29 is 4.39 Å². The van der Waals surface area contributed by atoms with Crippen molar-refractivity contribution in [2.45, 2.75) is 20.3 Å². The summed E-state index contributed by atoms with van der Waals surface area (Å²) in [7, 11) is 0. The van der Waals surface area contributed by atoms with Crippen molar-refractivity contribution in [2.24, 2.45) is 0 Å². The van der Waals surface area contributed by atoms with Gasteiger partial charge < -0.3 is 0 Å². The lowest BCUT2D eigenvalue weighted by Crippen LogP contribution is -2.02. The molecule has 0 N–H and O–H groups in total. The monoisotopic (exact) mass is 205 g/mol. The molecule has 0 atom stereocenters. The van der Waals surface area contributed by atoms with Crippen LogP contribution in [0.3, 0.4) is 0 Å². The molecule has 0 fully saturated rings. The molecule has 2 rings (SSSR count). The molecular weight excluding hydrogens is 193 g/mol. The normalized spacial score (nSPS) is 10.6. The Bertz CT molecular complexity index is 476. The van der Waals surface area contributed by atoms with Crippen molar-refractivity contribution in [3.8, 4) is 5.69 Å². The fraction of sp³-hybridized carbons (Fsp3) is 0.273. The Hall–Kier alpha value is -1.71. The van der Waals surface area contributed by atoms with E-state index in [9.17, 15) is 4.39 Å². The summed E-state index contributed by atoms with van der Waals surface area (Å²) in [6.07, 6.45) is 0.752. The first kappa shape index (κ1) is 9.83. The van der Waals surface area contributed by atoms with Crippen LogP contribution in [0.15, 0.2) is 24.3 Å². The zero-order valence-electron chi connectivity index (χ0n) is 8.74. The van der Waals surface area contributed by atoms with Crippen molar-refractivity contribution in [3.63, 3.8) is 0 Å². The van der Waals surface area contributed by atoms with Crippen LogP contribution in [0.2, 0.25) is 0 Å². The molecule has 0 unspecified atom stereocenters. The molecule has 15 heavy (non-hydrogen) atoms. The first-order valence-corrected chi connectivity index (χ1v) is 4.90. The van der Waals surface area contributed by atoms with Crippen molar-refractivity contribution in [3.05, 3.63) is 41.7 Å². The molecule has 0 aliphatic carbocycles. The quantitative estimate of drug-likeness (QED) is 0.753. The lowest BCUT2D eigenvalue weighted by molar-refractivity contribution is 0.607. The SMILES string of the molecule is CCc1nc(C)n(-c2ccccc2F)n1. The number of para-hydroxylation sites is 1. The van der Waals surface area contributed by atoms with Gasteiger partial charge >= 0.3 is 0 Å². The molecule has 0 saturated heterocycles. The van der Waals surface area contributed by atoms with E-state index < -0.39 is 0 Å². The number of rotatable bonds is 2. The molecule has 0 saturated carbocycles. The molecule has 78 valence electrons. The molecule has 0 aliphatic rings. The zero-order chi connectivity index (χ0) is 10.8. The van der Waals surface area contributed by atoms with E-state index >= 15 is 0 Å². The van der Waals surface area contributed by atoms with Gasteiger partial charge in [0.05, 0.1) is 0 Å². The highest BCUT2D eigenvalue weighted by Gasteiger charge is 2.09. The number of hydrogen-bond acceptors (Lipinski definition) is 2. The van der Waals surface area contributed by atoms with Crippen molar-refractivity contribution in [1.29, 1.82) is 0 Å². The second kappa shape index (κ2) is 3.81. The molecule has 4 heteroatoms. The third-order valence-corrected chi connectivity index (χ3v) is 2.21. The Morgan fingerprint density at radius 2 is 2.07 bits per heavy atom. The average molecular weight is 205 g/mol. The lowest BCUT2D eigenvalue weighted by Gasteiger charge is -2.03. The topological polar surface area (TPSA) is 30.7 Å². The number of nitrogens with zero attached hydrogens (tertiary/aromatic N) is 3. The van der Waals surface area contributed by atoms with Gasteiger partial charge in [0.2, 0.25) is 0 Å². The minimum atomic E-state index is -0.284. The number of benzene rings is 1. The molecule has 1 aromatic carbocycles. The number of halogens is 1. The van der Waals surface area contributed by atoms with E-state index in [4.69, 9.17) is 0 Å². The molecule has 0 spiro atoms. The van der Waals surface area contributed by atoms with Gasteiger partial charge in [0, 0.05) is 6.42 Å². The average Bonchev–Trinajstić information content (AvgIpc) is 2.60. The predicted molar refractivity (Wildman–Crippen MR) is 55.4 cm³/mol. The van der Waals surface area contributed by atoms with E-state index in [2.05, 4.69) is 10.1 Å². The molecular formula is C11H12FN3. The fourth-order valence-electron chi connectivity index (χ4n) is 1.45. The Morgan fingerprint density at radius 1 is 1.33 bits per heavy atom. The maximum absolute atomic E-state index is 13.5. The summed E-state index contributed by atoms with van der Waals surface area (Å²) < 4.78 is 15.0. The number of aryl methyl sites for hydroxylation is 2. The van der Waals surface area contributed by atoms with Gasteiger partial charge in [0.15, 0.2) is 5.82 Å². The minimum absolute atomic E-state index is 0.284. The molecule has 2 aromatic rings. The summed E-state index contributed by atoms with van der Waals surface area (Å²) >= 11 is 0. The van der Waals surface area contributed by atoms with E-state index in [1.54, 1.807) is 18.2 Å². The number of hydrogen-bond donors (Lipinski definition) is 0. The summed E-state index contributed by atoms with van der Waals surface area (Å²) in [4.78, 5) is 4.23. The lowest BCUT2D eigenvalue weighted by atomic mass is 10.3. The van der Waals surface area contributed by atoms with Crippen LogP contribution < -0.4 is 0 Å². The Labute approximate surface area is 87.6 Å². The summed E-state index contributed by atoms with van der Waals surface area (Å²) in [6.45, 7) is 3.79. The Morgan fingerprint density at radius 3 is 2.67 bits per heavy atom. The molecule has 1 aromatic heterocycles. The van der Waals surface area contributed by atoms with Gasteiger partial charge in [-0.05, 0) is 19.1 Å². The Kier molecular flexibility index (Phi) is 2.49. The van der Waals surface area contributed by atoms with E-state index in [0.717, 1.165) is 12.2 Å². The summed E-state index contributed by atoms with van der Waals surface area (Å²) in [5.41, 5.74) is 0.446. The maximum Gasteiger partial charge on any atom is 0.151 e. The predicted octanol–water partition coefficient (Wildman–Crippen LogP) is 2.28. The largest absolute Gasteiger partial charge is 0.216 e. The van der Waals surface area contributed by atoms with Crippen molar-refractivity contribution in [2.75, 3.05) is 0 Å². The highest BCUT2D eigenvalue weighted by molar-refractivity contribution is 5.33. The molecule has 0 radical (unpaired) electrons. The molecule has 1 heterocycles. The van der Waals surface area contributed by atoms with Crippen LogP contribution >= 0.6 is 0 Å². The van der Waals surface area contributed by atoms with E-state index in [1.165, 1.54) is 10.7 Å². The summed E-state index contributed by atoms with van der Waals surface area (Å²) in [5.74, 6) is 1.15. The summed E-state index contributed by atoms with van der Waals surface area (Å²) in [5, 5.41) is 4.22. The summed E-state index contributed by atoms with van der Waals surface area (Å²) in [6, 6.07) is 6.55. The van der Waals surface area contributed by atoms with Gasteiger partial charge in [-0.3, -0.25) is 0 Å². The van der Waals surface area contributed by atoms with Gasteiger partial charge in [0.25, 0.3) is 0 Å². The van der Waals surface area contributed by atoms with Crippen LogP contribution in [0, 0.1) is 12.7 Å². The van der Waals surface area contributed by atoms with Gasteiger partial charge in [-0.2, -0.15) is 5.10 Å². The number of aromatic nitrogens is 3. The smallest absolute Gasteiger partial charge is 0.151 e. The molecule has 0 aliphatic heterocycles. The zero-order valence-corrected chi connectivity index (χ0v) is 8.74. The molecule has 0 amide bonds. The second-order valence-electron chi connectivity index (χ2n) is 3.29. The standard InChI is InChI=1S/C11H12FN3/c1-3-11-13-8(2)15(14-11)10-7-5-4-6-9(10)12/h4-7H,3H2,1-2H3. The van der Waals surface area contributed by atoms with Gasteiger partial charge in [-0.1, -0.05) is 19.1 Å². The van der Waals surface area contributed by atoms with Crippen LogP contribution in [0.4, 0.5) is 4.39 Å². The highest BCUT2D eigenvalue weighted by atomic mass is 19.1. The van der Waals surface area contributed by atoms with Crippen LogP contribution in [0.5, 0.6) is 0 Å². The second-order valence-corrected chi connectivity index (χ2v) is 3.29. The molecule has 3 nitrogen and oxygen atoms in total. The van der Waals surface area contributed by atoms with E-state index in [0.29, 0.717) is 11.5 Å². The van der Waals surface area contributed by atoms with Crippen molar-refractivity contribution >= 4 is 0 Å². The van der Waals surface area contributed by atoms with Gasteiger partial charge in [0.1, 0.15) is 17.3 Å². The third kappa shape index (κ3) is 1.75. The van der Waals surface area contributed by atoms with E-state index in [1.807, 2.05) is 13.8 Å². The third-order valence-electron chi connectivity index (χ3n) is 2.21. The minimum Gasteiger partial charge on any atom is -0.216 e. The fourth-order valence-corrected chi connectivity index (χ4v) is 1.45. The highest BCUT2D eigenvalue weighted by Crippen LogP contribution is 2.13. The van der Waals surface area contributed by atoms with Crippen LogP contribution in [0.1, 0.15) is 18.6 Å². The van der Waals surface area contributed by atoms with Crippen LogP contribution in [0.25, 0.3) is 5.69 Å².